The van der Waals surface area contributed by atoms with Gasteiger partial charge < -0.3 is 14.5 Å². The minimum absolute atomic E-state index is 0.0633. The Morgan fingerprint density at radius 2 is 2.03 bits per heavy atom. The van der Waals surface area contributed by atoms with Crippen LogP contribution in [0.25, 0.3) is 22.6 Å². The normalized spacial score (nSPS) is 10.8. The van der Waals surface area contributed by atoms with E-state index in [0.717, 1.165) is 28.4 Å². The highest BCUT2D eigenvalue weighted by Gasteiger charge is 2.14. The number of nitrogens with one attached hydrogen (secondary N) is 1. The lowest BCUT2D eigenvalue weighted by Gasteiger charge is -2.07. The molecule has 2 aromatic heterocycles. The molecular formula is C24H19F2N3O4S. The van der Waals surface area contributed by atoms with E-state index >= 15 is 0 Å². The lowest BCUT2D eigenvalue weighted by atomic mass is 10.1. The molecule has 0 radical (unpaired) electrons. The van der Waals surface area contributed by atoms with Crippen molar-refractivity contribution in [3.05, 3.63) is 76.6 Å². The minimum atomic E-state index is -0.777. The maximum atomic E-state index is 13.9. The fraction of sp³-hybridized carbons (Fsp3) is 0.167. The Morgan fingerprint density at radius 3 is 2.79 bits per heavy atom. The molecule has 0 aliphatic rings. The topological polar surface area (TPSA) is 94.3 Å². The largest absolute Gasteiger partial charge is 0.456 e. The molecule has 0 bridgehead atoms. The number of carbonyl (C=O) groups excluding carboxylic acids is 2. The van der Waals surface area contributed by atoms with Crippen molar-refractivity contribution in [2.24, 2.45) is 0 Å². The first-order chi connectivity index (χ1) is 16.4. The molecule has 4 rings (SSSR count). The van der Waals surface area contributed by atoms with Crippen LogP contribution in [0.1, 0.15) is 17.3 Å². The van der Waals surface area contributed by atoms with Crippen molar-refractivity contribution in [3.63, 3.8) is 0 Å². The number of carbonyl (C=O) groups is 2. The second kappa shape index (κ2) is 10.3. The number of rotatable bonds is 8. The zero-order valence-electron chi connectivity index (χ0n) is 18.0. The Kier molecular flexibility index (Phi) is 7.07. The Morgan fingerprint density at radius 1 is 1.18 bits per heavy atom. The molecule has 2 aromatic carbocycles. The summed E-state index contributed by atoms with van der Waals surface area (Å²) in [5, 5.41) is 5.57. The highest BCUT2D eigenvalue weighted by molar-refractivity contribution is 7.09. The van der Waals surface area contributed by atoms with Crippen LogP contribution in [0.2, 0.25) is 0 Å². The van der Waals surface area contributed by atoms with E-state index in [9.17, 15) is 18.4 Å². The second-order valence-electron chi connectivity index (χ2n) is 7.28. The van der Waals surface area contributed by atoms with Crippen LogP contribution < -0.4 is 5.32 Å². The van der Waals surface area contributed by atoms with E-state index < -0.39 is 30.1 Å². The number of esters is 1. The van der Waals surface area contributed by atoms with Gasteiger partial charge in [0.15, 0.2) is 18.3 Å². The van der Waals surface area contributed by atoms with Crippen LogP contribution >= 0.6 is 11.3 Å². The van der Waals surface area contributed by atoms with Gasteiger partial charge in [-0.15, -0.1) is 11.3 Å². The third-order valence-electron chi connectivity index (χ3n) is 4.72. The Bertz CT molecular complexity index is 1340. The fourth-order valence-electron chi connectivity index (χ4n) is 3.12. The van der Waals surface area contributed by atoms with Gasteiger partial charge in [-0.3, -0.25) is 9.59 Å². The summed E-state index contributed by atoms with van der Waals surface area (Å²) in [6.45, 7) is 1.47. The standard InChI is InChI=1S/C24H19F2N3O4S/c1-14-28-20(13-34-14)15-3-2-4-17(9-15)29-22(30)12-32-24(31)8-7-23-27-11-21(33-23)18-6-5-16(25)10-19(18)26/h2-6,9-11,13H,7-8,12H2,1H3,(H,29,30). The average Bonchev–Trinajstić information content (AvgIpc) is 3.46. The molecule has 1 N–H and O–H groups in total. The summed E-state index contributed by atoms with van der Waals surface area (Å²) >= 11 is 1.54. The molecule has 0 saturated carbocycles. The summed E-state index contributed by atoms with van der Waals surface area (Å²) in [6.07, 6.45) is 1.31. The first-order valence-electron chi connectivity index (χ1n) is 10.3. The molecule has 4 aromatic rings. The monoisotopic (exact) mass is 483 g/mol. The van der Waals surface area contributed by atoms with Gasteiger partial charge >= 0.3 is 5.97 Å². The van der Waals surface area contributed by atoms with Gasteiger partial charge in [0.1, 0.15) is 11.6 Å². The predicted molar refractivity (Wildman–Crippen MR) is 122 cm³/mol. The summed E-state index contributed by atoms with van der Waals surface area (Å²) in [5.74, 6) is -2.26. The molecule has 0 saturated heterocycles. The first kappa shape index (κ1) is 23.2. The van der Waals surface area contributed by atoms with E-state index in [4.69, 9.17) is 9.15 Å². The number of hydrogen-bond acceptors (Lipinski definition) is 7. The Labute approximate surface area is 197 Å². The zero-order chi connectivity index (χ0) is 24.1. The summed E-state index contributed by atoms with van der Waals surface area (Å²) in [4.78, 5) is 32.6. The maximum absolute atomic E-state index is 13.9. The summed E-state index contributed by atoms with van der Waals surface area (Å²) < 4.78 is 37.3. The highest BCUT2D eigenvalue weighted by atomic mass is 32.1. The van der Waals surface area contributed by atoms with E-state index in [2.05, 4.69) is 15.3 Å². The number of halogens is 2. The molecule has 34 heavy (non-hydrogen) atoms. The number of anilines is 1. The number of thiazole rings is 1. The third kappa shape index (κ3) is 5.90. The molecule has 0 aliphatic heterocycles. The number of nitrogens with zero attached hydrogens (tertiary/aromatic N) is 2. The number of oxazole rings is 1. The number of ether oxygens (including phenoxy) is 1. The van der Waals surface area contributed by atoms with Gasteiger partial charge in [-0.2, -0.15) is 0 Å². The second-order valence-corrected chi connectivity index (χ2v) is 8.35. The Hall–Kier alpha value is -3.92. The molecule has 174 valence electrons. The highest BCUT2D eigenvalue weighted by Crippen LogP contribution is 2.25. The lowest BCUT2D eigenvalue weighted by Crippen LogP contribution is -2.21. The number of aryl methyl sites for hydroxylation is 2. The zero-order valence-corrected chi connectivity index (χ0v) is 18.8. The molecule has 1 amide bonds. The van der Waals surface area contributed by atoms with Crippen molar-refractivity contribution in [2.45, 2.75) is 19.8 Å². The van der Waals surface area contributed by atoms with Crippen LogP contribution in [-0.4, -0.2) is 28.5 Å². The van der Waals surface area contributed by atoms with Crippen LogP contribution in [0.15, 0.2) is 58.5 Å². The van der Waals surface area contributed by atoms with Gasteiger partial charge in [-0.05, 0) is 31.2 Å². The van der Waals surface area contributed by atoms with Crippen molar-refractivity contribution >= 4 is 28.9 Å². The average molecular weight is 483 g/mol. The molecule has 0 aliphatic carbocycles. The van der Waals surface area contributed by atoms with Gasteiger partial charge in [-0.25, -0.2) is 18.7 Å². The van der Waals surface area contributed by atoms with E-state index in [1.807, 2.05) is 18.4 Å². The van der Waals surface area contributed by atoms with Crippen LogP contribution in [0.5, 0.6) is 0 Å². The molecule has 0 atom stereocenters. The molecule has 0 spiro atoms. The quantitative estimate of drug-likeness (QED) is 0.348. The van der Waals surface area contributed by atoms with E-state index in [0.29, 0.717) is 5.69 Å². The summed E-state index contributed by atoms with van der Waals surface area (Å²) in [6, 6.07) is 10.3. The van der Waals surface area contributed by atoms with Crippen molar-refractivity contribution in [1.82, 2.24) is 9.97 Å². The minimum Gasteiger partial charge on any atom is -0.456 e. The van der Waals surface area contributed by atoms with E-state index in [1.54, 1.807) is 18.2 Å². The molecule has 0 unspecified atom stereocenters. The molecule has 0 fully saturated rings. The van der Waals surface area contributed by atoms with Gasteiger partial charge in [0.2, 0.25) is 0 Å². The predicted octanol–water partition coefficient (Wildman–Crippen LogP) is 5.17. The fourth-order valence-corrected chi connectivity index (χ4v) is 3.74. The van der Waals surface area contributed by atoms with Crippen molar-refractivity contribution in [1.29, 1.82) is 0 Å². The van der Waals surface area contributed by atoms with E-state index in [-0.39, 0.29) is 30.1 Å². The SMILES string of the molecule is Cc1nc(-c2cccc(NC(=O)COC(=O)CCc3ncc(-c4ccc(F)cc4F)o3)c2)cs1. The van der Waals surface area contributed by atoms with Crippen LogP contribution in [0, 0.1) is 18.6 Å². The number of benzene rings is 2. The summed E-state index contributed by atoms with van der Waals surface area (Å²) in [5.41, 5.74) is 2.31. The van der Waals surface area contributed by atoms with Gasteiger partial charge in [0.25, 0.3) is 5.91 Å². The smallest absolute Gasteiger partial charge is 0.306 e. The molecule has 2 heterocycles. The third-order valence-corrected chi connectivity index (χ3v) is 5.49. The number of aromatic nitrogens is 2. The van der Waals surface area contributed by atoms with Crippen LogP contribution in [0.3, 0.4) is 0 Å². The lowest BCUT2D eigenvalue weighted by molar-refractivity contribution is -0.147. The molecular weight excluding hydrogens is 464 g/mol. The van der Waals surface area contributed by atoms with Crippen molar-refractivity contribution in [2.75, 3.05) is 11.9 Å². The van der Waals surface area contributed by atoms with Crippen LogP contribution in [0.4, 0.5) is 14.5 Å². The van der Waals surface area contributed by atoms with Crippen molar-refractivity contribution < 1.29 is 27.5 Å². The number of hydrogen-bond donors (Lipinski definition) is 1. The number of amides is 1. The molecule has 10 heteroatoms. The van der Waals surface area contributed by atoms with E-state index in [1.165, 1.54) is 23.6 Å². The van der Waals surface area contributed by atoms with Gasteiger partial charge in [-0.1, -0.05) is 12.1 Å². The van der Waals surface area contributed by atoms with Crippen molar-refractivity contribution in [3.8, 4) is 22.6 Å². The van der Waals surface area contributed by atoms with Crippen LogP contribution in [-0.2, 0) is 20.7 Å². The van der Waals surface area contributed by atoms with Gasteiger partial charge in [0, 0.05) is 29.1 Å². The molecule has 7 nitrogen and oxygen atoms in total. The first-order valence-corrected chi connectivity index (χ1v) is 11.1. The Balaban J connectivity index is 1.25. The maximum Gasteiger partial charge on any atom is 0.306 e. The summed E-state index contributed by atoms with van der Waals surface area (Å²) in [7, 11) is 0. The van der Waals surface area contributed by atoms with Gasteiger partial charge in [0.05, 0.1) is 28.9 Å².